The molecule has 0 aliphatic rings. The third kappa shape index (κ3) is 5.26. The lowest BCUT2D eigenvalue weighted by Crippen LogP contribution is -1.75. The largest absolute Gasteiger partial charge is 0.482 e. The standard InChI is InChI=1S/C4H4O.BH2O2/c1-2-4-5-3-1;2-1-3/h1-4H;2-3H. The van der Waals surface area contributed by atoms with Crippen molar-refractivity contribution in [1.82, 2.24) is 0 Å². The fourth-order valence-corrected chi connectivity index (χ4v) is 0.227. The Morgan fingerprint density at radius 2 is 1.50 bits per heavy atom. The van der Waals surface area contributed by atoms with Crippen LogP contribution >= 0.6 is 0 Å². The molecule has 0 aromatic carbocycles. The highest BCUT2D eigenvalue weighted by molar-refractivity contribution is 6.13. The van der Waals surface area contributed by atoms with Gasteiger partial charge in [-0.05, 0) is 12.1 Å². The average Bonchev–Trinajstić information content (AvgIpc) is 2.17. The Morgan fingerprint density at radius 1 is 1.12 bits per heavy atom. The van der Waals surface area contributed by atoms with Gasteiger partial charge in [0.25, 0.3) is 0 Å². The molecule has 0 saturated heterocycles. The van der Waals surface area contributed by atoms with Crippen LogP contribution in [0.4, 0.5) is 0 Å². The molecule has 0 aliphatic heterocycles. The fraction of sp³-hybridized carbons (Fsp3) is 0. The van der Waals surface area contributed by atoms with E-state index in [4.69, 9.17) is 10.0 Å². The van der Waals surface area contributed by atoms with Crippen LogP contribution in [-0.4, -0.2) is 17.7 Å². The maximum atomic E-state index is 7.00. The summed E-state index contributed by atoms with van der Waals surface area (Å²) in [6.07, 6.45) is 3.25. The van der Waals surface area contributed by atoms with E-state index < -0.39 is 0 Å². The molecule has 0 aliphatic carbocycles. The zero-order valence-electron chi connectivity index (χ0n) is 4.19. The van der Waals surface area contributed by atoms with Gasteiger partial charge in [-0.2, -0.15) is 0 Å². The second-order valence-electron chi connectivity index (χ2n) is 0.909. The predicted molar refractivity (Wildman–Crippen MR) is 28.9 cm³/mol. The molecular weight excluding hydrogens is 107 g/mol. The quantitative estimate of drug-likeness (QED) is 0.457. The Kier molecular flexibility index (Phi) is 5.69. The lowest BCUT2D eigenvalue weighted by molar-refractivity contribution is 0.448. The molecular formula is C4H6BO3. The molecule has 1 aromatic rings. The Morgan fingerprint density at radius 3 is 1.62 bits per heavy atom. The van der Waals surface area contributed by atoms with Crippen LogP contribution in [0.3, 0.4) is 0 Å². The molecule has 43 valence electrons. The van der Waals surface area contributed by atoms with E-state index in [-0.39, 0.29) is 7.69 Å². The second kappa shape index (κ2) is 6.26. The van der Waals surface area contributed by atoms with Crippen LogP contribution in [0.5, 0.6) is 0 Å². The summed E-state index contributed by atoms with van der Waals surface area (Å²) < 4.78 is 4.58. The Balaban J connectivity index is 0.000000145. The highest BCUT2D eigenvalue weighted by atomic mass is 16.4. The van der Waals surface area contributed by atoms with Crippen LogP contribution in [0.25, 0.3) is 0 Å². The molecule has 0 fully saturated rings. The lowest BCUT2D eigenvalue weighted by atomic mass is 10.5. The van der Waals surface area contributed by atoms with Gasteiger partial charge in [-0.15, -0.1) is 0 Å². The molecule has 8 heavy (non-hydrogen) atoms. The minimum absolute atomic E-state index is 0. The molecule has 0 unspecified atom stereocenters. The van der Waals surface area contributed by atoms with Gasteiger partial charge < -0.3 is 14.5 Å². The van der Waals surface area contributed by atoms with Crippen molar-refractivity contribution in [3.05, 3.63) is 24.7 Å². The maximum absolute atomic E-state index is 7.00. The first-order valence-electron chi connectivity index (χ1n) is 1.99. The third-order valence-corrected chi connectivity index (χ3v) is 0.425. The molecule has 1 aromatic heterocycles. The first-order valence-corrected chi connectivity index (χ1v) is 1.99. The average molecular weight is 113 g/mol. The first-order chi connectivity index (χ1) is 3.91. The molecule has 2 N–H and O–H groups in total. The molecule has 0 atom stereocenters. The van der Waals surface area contributed by atoms with Crippen molar-refractivity contribution in [2.45, 2.75) is 0 Å². The van der Waals surface area contributed by atoms with Crippen molar-refractivity contribution in [2.24, 2.45) is 0 Å². The van der Waals surface area contributed by atoms with Gasteiger partial charge in [0.05, 0.1) is 12.5 Å². The van der Waals surface area contributed by atoms with Gasteiger partial charge >= 0.3 is 7.69 Å². The minimum Gasteiger partial charge on any atom is -0.473 e. The van der Waals surface area contributed by atoms with E-state index in [1.165, 1.54) is 0 Å². The van der Waals surface area contributed by atoms with E-state index in [2.05, 4.69) is 4.42 Å². The van der Waals surface area contributed by atoms with Crippen molar-refractivity contribution in [3.8, 4) is 0 Å². The molecule has 3 nitrogen and oxygen atoms in total. The van der Waals surface area contributed by atoms with Crippen molar-refractivity contribution in [1.29, 1.82) is 0 Å². The summed E-state index contributed by atoms with van der Waals surface area (Å²) >= 11 is 0. The van der Waals surface area contributed by atoms with Gasteiger partial charge in [0.1, 0.15) is 0 Å². The van der Waals surface area contributed by atoms with E-state index in [0.29, 0.717) is 0 Å². The maximum Gasteiger partial charge on any atom is 0.482 e. The number of hydrogen-bond donors (Lipinski definition) is 2. The van der Waals surface area contributed by atoms with Crippen LogP contribution in [0, 0.1) is 0 Å². The van der Waals surface area contributed by atoms with Crippen LogP contribution in [0.15, 0.2) is 29.1 Å². The van der Waals surface area contributed by atoms with Gasteiger partial charge in [-0.3, -0.25) is 0 Å². The van der Waals surface area contributed by atoms with E-state index >= 15 is 0 Å². The number of hydrogen-bond acceptors (Lipinski definition) is 3. The van der Waals surface area contributed by atoms with Gasteiger partial charge in [0, 0.05) is 0 Å². The van der Waals surface area contributed by atoms with Crippen LogP contribution < -0.4 is 0 Å². The molecule has 0 amide bonds. The van der Waals surface area contributed by atoms with Crippen LogP contribution in [-0.2, 0) is 0 Å². The van der Waals surface area contributed by atoms with Crippen LogP contribution in [0.1, 0.15) is 0 Å². The predicted octanol–water partition coefficient (Wildman–Crippen LogP) is -0.215. The SMILES string of the molecule is O[B]O.c1ccoc1. The molecule has 0 spiro atoms. The van der Waals surface area contributed by atoms with Gasteiger partial charge in [0.2, 0.25) is 0 Å². The zero-order valence-corrected chi connectivity index (χ0v) is 4.19. The fourth-order valence-electron chi connectivity index (χ4n) is 0.227. The van der Waals surface area contributed by atoms with Crippen LogP contribution in [0.2, 0.25) is 0 Å². The summed E-state index contributed by atoms with van der Waals surface area (Å²) in [6.45, 7) is 0. The summed E-state index contributed by atoms with van der Waals surface area (Å²) in [7, 11) is 0. The summed E-state index contributed by atoms with van der Waals surface area (Å²) in [5.41, 5.74) is 0. The highest BCUT2D eigenvalue weighted by Gasteiger charge is 1.58. The lowest BCUT2D eigenvalue weighted by Gasteiger charge is -1.50. The first kappa shape index (κ1) is 7.26. The van der Waals surface area contributed by atoms with E-state index in [1.807, 2.05) is 12.1 Å². The van der Waals surface area contributed by atoms with Gasteiger partial charge in [0.15, 0.2) is 0 Å². The van der Waals surface area contributed by atoms with Gasteiger partial charge in [-0.1, -0.05) is 0 Å². The summed E-state index contributed by atoms with van der Waals surface area (Å²) in [4.78, 5) is 0. The Labute approximate surface area is 47.9 Å². The number of furan rings is 1. The van der Waals surface area contributed by atoms with Crippen molar-refractivity contribution in [2.75, 3.05) is 0 Å². The molecule has 1 heterocycles. The van der Waals surface area contributed by atoms with Crippen molar-refractivity contribution < 1.29 is 14.5 Å². The minimum atomic E-state index is 0. The Hall–Kier alpha value is -0.735. The monoisotopic (exact) mass is 113 g/mol. The molecule has 0 saturated carbocycles. The topological polar surface area (TPSA) is 53.6 Å². The Bertz CT molecular complexity index is 78.2. The summed E-state index contributed by atoms with van der Waals surface area (Å²) in [6, 6.07) is 3.67. The smallest absolute Gasteiger partial charge is 0.473 e. The molecule has 1 radical (unpaired) electrons. The van der Waals surface area contributed by atoms with E-state index in [1.54, 1.807) is 12.5 Å². The van der Waals surface area contributed by atoms with Gasteiger partial charge in [-0.25, -0.2) is 0 Å². The highest BCUT2D eigenvalue weighted by Crippen LogP contribution is 1.79. The summed E-state index contributed by atoms with van der Waals surface area (Å²) in [5.74, 6) is 0. The normalized spacial score (nSPS) is 6.75. The summed E-state index contributed by atoms with van der Waals surface area (Å²) in [5, 5.41) is 14.0. The second-order valence-corrected chi connectivity index (χ2v) is 0.909. The molecule has 4 heteroatoms. The van der Waals surface area contributed by atoms with E-state index in [0.717, 1.165) is 0 Å². The van der Waals surface area contributed by atoms with Crippen molar-refractivity contribution in [3.63, 3.8) is 0 Å². The molecule has 1 rings (SSSR count). The zero-order chi connectivity index (χ0) is 6.24. The van der Waals surface area contributed by atoms with Crippen molar-refractivity contribution >= 4 is 7.69 Å². The molecule has 0 bridgehead atoms. The number of rotatable bonds is 0. The third-order valence-electron chi connectivity index (χ3n) is 0.425. The van der Waals surface area contributed by atoms with E-state index in [9.17, 15) is 0 Å².